The number of nitrogens with zero attached hydrogens (tertiary/aromatic N) is 1. The number of amidine groups is 1. The van der Waals surface area contributed by atoms with Crippen LogP contribution in [0, 0.1) is 11.8 Å². The van der Waals surface area contributed by atoms with E-state index in [9.17, 15) is 15.0 Å². The number of thiophene rings is 1. The Morgan fingerprint density at radius 1 is 1.34 bits per heavy atom. The number of anilines is 1. The van der Waals surface area contributed by atoms with Gasteiger partial charge in [0.1, 0.15) is 28.6 Å². The summed E-state index contributed by atoms with van der Waals surface area (Å²) < 4.78 is 6.08. The summed E-state index contributed by atoms with van der Waals surface area (Å²) in [7, 11) is 0. The quantitative estimate of drug-likeness (QED) is 0.433. The van der Waals surface area contributed by atoms with Crippen LogP contribution in [0.25, 0.3) is 0 Å². The predicted molar refractivity (Wildman–Crippen MR) is 125 cm³/mol. The first-order valence-electron chi connectivity index (χ1n) is 10.4. The van der Waals surface area contributed by atoms with Gasteiger partial charge in [0.2, 0.25) is 0 Å². The minimum absolute atomic E-state index is 0.00548. The van der Waals surface area contributed by atoms with Gasteiger partial charge < -0.3 is 25.4 Å². The smallest absolute Gasteiger partial charge is 0.307 e. The fourth-order valence-corrected chi connectivity index (χ4v) is 5.12. The summed E-state index contributed by atoms with van der Waals surface area (Å²) in [5.74, 6) is 0.617. The second kappa shape index (κ2) is 10.0. The molecule has 1 saturated carbocycles. The number of rotatable bonds is 8. The van der Waals surface area contributed by atoms with Crippen LogP contribution in [-0.2, 0) is 11.2 Å². The highest BCUT2D eigenvalue weighted by molar-refractivity contribution is 7.14. The molecular formula is C23H25ClN2O5S. The molecule has 0 amide bonds. The van der Waals surface area contributed by atoms with Crippen molar-refractivity contribution in [2.45, 2.75) is 37.5 Å². The largest absolute Gasteiger partial charge is 0.488 e. The van der Waals surface area contributed by atoms with Crippen molar-refractivity contribution in [1.29, 1.82) is 0 Å². The molecule has 7 nitrogen and oxygen atoms in total. The first-order chi connectivity index (χ1) is 15.4. The number of aliphatic hydroxyl groups is 2. The molecule has 4 unspecified atom stereocenters. The lowest BCUT2D eigenvalue weighted by Gasteiger charge is -2.18. The zero-order valence-corrected chi connectivity index (χ0v) is 18.8. The standard InChI is InChI=1S/C23H25ClN2O5S/c24-23-20(7-8-32-23)31-12-15(27)5-6-16-17-10-21(26-18(17)11-19(16)28)25-14-3-1-13(2-4-14)9-22(29)30/h1-8,15-19,27-28H,9-12H2,(H,25,26)(H,29,30)/t15-,16?,17?,18?,19?/m0/s1. The zero-order valence-electron chi connectivity index (χ0n) is 17.2. The van der Waals surface area contributed by atoms with Gasteiger partial charge in [0.25, 0.3) is 0 Å². The van der Waals surface area contributed by atoms with Crippen molar-refractivity contribution in [1.82, 2.24) is 0 Å². The van der Waals surface area contributed by atoms with E-state index in [1.165, 1.54) is 11.3 Å². The lowest BCUT2D eigenvalue weighted by atomic mass is 9.90. The zero-order chi connectivity index (χ0) is 22.7. The van der Waals surface area contributed by atoms with E-state index in [4.69, 9.17) is 26.4 Å². The third kappa shape index (κ3) is 5.50. The Labute approximate surface area is 195 Å². The highest BCUT2D eigenvalue weighted by Gasteiger charge is 2.44. The molecule has 170 valence electrons. The number of ether oxygens (including phenoxy) is 1. The molecule has 4 N–H and O–H groups in total. The first-order valence-corrected chi connectivity index (χ1v) is 11.7. The van der Waals surface area contributed by atoms with Crippen molar-refractivity contribution in [3.8, 4) is 5.75 Å². The van der Waals surface area contributed by atoms with E-state index < -0.39 is 18.2 Å². The van der Waals surface area contributed by atoms with Crippen LogP contribution in [0.15, 0.2) is 52.9 Å². The number of hydrogen-bond acceptors (Lipinski definition) is 7. The van der Waals surface area contributed by atoms with Gasteiger partial charge in [-0.15, -0.1) is 11.3 Å². The molecule has 5 atom stereocenters. The summed E-state index contributed by atoms with van der Waals surface area (Å²) in [6.07, 6.45) is 3.52. The number of benzene rings is 1. The molecular weight excluding hydrogens is 452 g/mol. The summed E-state index contributed by atoms with van der Waals surface area (Å²) in [4.78, 5) is 15.6. The SMILES string of the molecule is O=C(O)Cc1ccc(NC2=NC3CC(O)C(C=C[C@H](O)COc4ccsc4Cl)C3C2)cc1. The molecule has 1 aliphatic heterocycles. The molecule has 1 aliphatic carbocycles. The van der Waals surface area contributed by atoms with E-state index in [1.54, 1.807) is 24.3 Å². The molecule has 32 heavy (non-hydrogen) atoms. The van der Waals surface area contributed by atoms with Gasteiger partial charge in [0.05, 0.1) is 18.6 Å². The normalized spacial score (nSPS) is 25.5. The number of hydrogen-bond donors (Lipinski definition) is 4. The minimum Gasteiger partial charge on any atom is -0.488 e. The maximum Gasteiger partial charge on any atom is 0.307 e. The van der Waals surface area contributed by atoms with Crippen LogP contribution in [-0.4, -0.2) is 52.0 Å². The molecule has 0 radical (unpaired) electrons. The molecule has 0 spiro atoms. The predicted octanol–water partition coefficient (Wildman–Crippen LogP) is 3.60. The number of fused-ring (bicyclic) bond motifs is 1. The molecule has 1 fully saturated rings. The number of carbonyl (C=O) groups is 1. The van der Waals surface area contributed by atoms with Gasteiger partial charge in [-0.2, -0.15) is 0 Å². The van der Waals surface area contributed by atoms with E-state index in [-0.39, 0.29) is 30.9 Å². The van der Waals surface area contributed by atoms with Gasteiger partial charge >= 0.3 is 5.97 Å². The lowest BCUT2D eigenvalue weighted by molar-refractivity contribution is -0.136. The molecule has 4 rings (SSSR count). The van der Waals surface area contributed by atoms with Gasteiger partial charge in [-0.1, -0.05) is 35.9 Å². The fraction of sp³-hybridized carbons (Fsp3) is 0.391. The number of aliphatic imine (C=N–C) groups is 1. The van der Waals surface area contributed by atoms with Crippen molar-refractivity contribution in [2.75, 3.05) is 11.9 Å². The van der Waals surface area contributed by atoms with E-state index in [1.807, 2.05) is 23.6 Å². The van der Waals surface area contributed by atoms with Gasteiger partial charge in [0, 0.05) is 18.0 Å². The average Bonchev–Trinajstić information content (AvgIpc) is 3.40. The van der Waals surface area contributed by atoms with E-state index in [0.717, 1.165) is 17.1 Å². The molecule has 0 saturated heterocycles. The Morgan fingerprint density at radius 3 is 2.81 bits per heavy atom. The molecule has 2 heterocycles. The maximum absolute atomic E-state index is 10.8. The summed E-state index contributed by atoms with van der Waals surface area (Å²) in [5.41, 5.74) is 1.59. The summed E-state index contributed by atoms with van der Waals surface area (Å²) in [6, 6.07) is 9.06. The fourth-order valence-electron chi connectivity index (χ4n) is 4.29. The highest BCUT2D eigenvalue weighted by Crippen LogP contribution is 2.42. The molecule has 1 aromatic heterocycles. The van der Waals surface area contributed by atoms with Gasteiger partial charge in [-0.05, 0) is 41.5 Å². The van der Waals surface area contributed by atoms with Gasteiger partial charge in [0.15, 0.2) is 0 Å². The van der Waals surface area contributed by atoms with Crippen molar-refractivity contribution in [2.24, 2.45) is 16.8 Å². The summed E-state index contributed by atoms with van der Waals surface area (Å²) in [6.45, 7) is 0.0883. The van der Waals surface area contributed by atoms with Crippen LogP contribution >= 0.6 is 22.9 Å². The van der Waals surface area contributed by atoms with Crippen LogP contribution in [0.5, 0.6) is 5.75 Å². The molecule has 0 bridgehead atoms. The summed E-state index contributed by atoms with van der Waals surface area (Å²) >= 11 is 7.37. The van der Waals surface area contributed by atoms with Crippen molar-refractivity contribution >= 4 is 40.4 Å². The number of aliphatic carboxylic acids is 1. The Balaban J connectivity index is 1.31. The minimum atomic E-state index is -0.858. The molecule has 2 aromatic rings. The third-order valence-corrected chi connectivity index (χ3v) is 6.95. The molecule has 9 heteroatoms. The number of carboxylic acid groups (broad SMARTS) is 1. The summed E-state index contributed by atoms with van der Waals surface area (Å²) in [5, 5.41) is 34.7. The highest BCUT2D eigenvalue weighted by atomic mass is 35.5. The Kier molecular flexibility index (Phi) is 7.15. The number of nitrogens with one attached hydrogen (secondary N) is 1. The Hall–Kier alpha value is -2.39. The third-order valence-electron chi connectivity index (χ3n) is 5.81. The Bertz CT molecular complexity index is 1010. The van der Waals surface area contributed by atoms with Crippen molar-refractivity contribution in [3.63, 3.8) is 0 Å². The van der Waals surface area contributed by atoms with Crippen LogP contribution in [0.2, 0.25) is 4.34 Å². The number of halogens is 1. The monoisotopic (exact) mass is 476 g/mol. The van der Waals surface area contributed by atoms with Crippen LogP contribution < -0.4 is 10.1 Å². The first kappa shape index (κ1) is 22.8. The molecule has 2 aliphatic rings. The van der Waals surface area contributed by atoms with E-state index in [0.29, 0.717) is 22.9 Å². The van der Waals surface area contributed by atoms with Crippen molar-refractivity contribution in [3.05, 3.63) is 57.8 Å². The number of carboxylic acids is 1. The van der Waals surface area contributed by atoms with Crippen molar-refractivity contribution < 1.29 is 24.9 Å². The van der Waals surface area contributed by atoms with E-state index in [2.05, 4.69) is 5.32 Å². The van der Waals surface area contributed by atoms with Crippen LogP contribution in [0.3, 0.4) is 0 Å². The average molecular weight is 477 g/mol. The van der Waals surface area contributed by atoms with Crippen LogP contribution in [0.4, 0.5) is 5.69 Å². The second-order valence-electron chi connectivity index (χ2n) is 8.11. The Morgan fingerprint density at radius 2 is 2.12 bits per heavy atom. The topological polar surface area (TPSA) is 111 Å². The maximum atomic E-state index is 10.8. The number of aliphatic hydroxyl groups excluding tert-OH is 2. The second-order valence-corrected chi connectivity index (χ2v) is 9.62. The molecule has 1 aromatic carbocycles. The van der Waals surface area contributed by atoms with Gasteiger partial charge in [-0.25, -0.2) is 0 Å². The lowest BCUT2D eigenvalue weighted by Crippen LogP contribution is -2.22. The van der Waals surface area contributed by atoms with Gasteiger partial charge in [-0.3, -0.25) is 9.79 Å². The van der Waals surface area contributed by atoms with E-state index >= 15 is 0 Å². The van der Waals surface area contributed by atoms with Crippen LogP contribution in [0.1, 0.15) is 18.4 Å².